The fraction of sp³-hybridized carbons (Fsp3) is 0.455. The lowest BCUT2D eigenvalue weighted by Crippen LogP contribution is -2.42. The third-order valence-electron chi connectivity index (χ3n) is 2.93. The number of carbonyl (C=O) groups is 1. The third-order valence-corrected chi connectivity index (χ3v) is 2.93. The summed E-state index contributed by atoms with van der Waals surface area (Å²) in [7, 11) is 1.66. The molecule has 3 N–H and O–H groups in total. The Morgan fingerprint density at radius 3 is 3.19 bits per heavy atom. The number of anilines is 2. The molecule has 0 bridgehead atoms. The lowest BCUT2D eigenvalue weighted by Gasteiger charge is -2.25. The largest absolute Gasteiger partial charge is 0.382 e. The smallest absolute Gasteiger partial charge is 0.242 e. The van der Waals surface area contributed by atoms with Crippen LogP contribution < -0.4 is 16.0 Å². The minimum absolute atomic E-state index is 0.0424. The first-order chi connectivity index (χ1) is 7.74. The second-order valence-corrected chi connectivity index (χ2v) is 3.87. The van der Waals surface area contributed by atoms with Gasteiger partial charge < -0.3 is 16.0 Å². The monoisotopic (exact) mass is 220 g/mol. The van der Waals surface area contributed by atoms with Crippen LogP contribution in [0.25, 0.3) is 0 Å². The summed E-state index contributed by atoms with van der Waals surface area (Å²) in [5.74, 6) is 0.527. The van der Waals surface area contributed by atoms with Crippen LogP contribution in [0, 0.1) is 0 Å². The van der Waals surface area contributed by atoms with Crippen LogP contribution in [0.3, 0.4) is 0 Å². The normalized spacial score (nSPS) is 19.8. The van der Waals surface area contributed by atoms with E-state index in [4.69, 9.17) is 5.73 Å². The van der Waals surface area contributed by atoms with E-state index in [0.29, 0.717) is 5.82 Å². The number of nitrogens with two attached hydrogens (primary N) is 1. The zero-order chi connectivity index (χ0) is 11.5. The van der Waals surface area contributed by atoms with Crippen molar-refractivity contribution in [1.82, 2.24) is 10.3 Å². The molecule has 5 heteroatoms. The molecule has 16 heavy (non-hydrogen) atoms. The molecule has 0 spiro atoms. The average Bonchev–Trinajstić information content (AvgIpc) is 2.77. The van der Waals surface area contributed by atoms with E-state index < -0.39 is 0 Å². The zero-order valence-electron chi connectivity index (χ0n) is 9.31. The van der Waals surface area contributed by atoms with Gasteiger partial charge in [0.15, 0.2) is 0 Å². The van der Waals surface area contributed by atoms with Crippen molar-refractivity contribution < 1.29 is 4.79 Å². The van der Waals surface area contributed by atoms with E-state index in [9.17, 15) is 4.79 Å². The number of carbonyl (C=O) groups excluding carboxylic acids is 1. The number of nitrogens with one attached hydrogen (secondary N) is 1. The minimum Gasteiger partial charge on any atom is -0.382 e. The van der Waals surface area contributed by atoms with Gasteiger partial charge in [-0.1, -0.05) is 0 Å². The summed E-state index contributed by atoms with van der Waals surface area (Å²) in [6.07, 6.45) is 3.53. The highest BCUT2D eigenvalue weighted by Gasteiger charge is 2.31. The van der Waals surface area contributed by atoms with E-state index in [1.807, 2.05) is 17.0 Å². The van der Waals surface area contributed by atoms with E-state index in [-0.39, 0.29) is 11.9 Å². The van der Waals surface area contributed by atoms with Crippen molar-refractivity contribution in [2.45, 2.75) is 18.9 Å². The summed E-state index contributed by atoms with van der Waals surface area (Å²) < 4.78 is 0. The molecule has 0 aliphatic carbocycles. The number of rotatable bonds is 2. The first kappa shape index (κ1) is 10.7. The molecule has 86 valence electrons. The molecule has 1 aromatic rings. The Balaban J connectivity index is 2.27. The van der Waals surface area contributed by atoms with Gasteiger partial charge in [0, 0.05) is 19.8 Å². The Kier molecular flexibility index (Phi) is 2.94. The predicted molar refractivity (Wildman–Crippen MR) is 63.1 cm³/mol. The van der Waals surface area contributed by atoms with Gasteiger partial charge in [-0.15, -0.1) is 0 Å². The standard InChI is InChI=1S/C11H16N4O/c1-13-11(16)9-5-3-7-15(9)8-4-2-6-14-10(8)12/h2,4,6,9H,3,5,7H2,1H3,(H2,12,14)(H,13,16). The topological polar surface area (TPSA) is 71.2 Å². The quantitative estimate of drug-likeness (QED) is 0.755. The lowest BCUT2D eigenvalue weighted by atomic mass is 10.2. The van der Waals surface area contributed by atoms with Crippen molar-refractivity contribution >= 4 is 17.4 Å². The summed E-state index contributed by atoms with van der Waals surface area (Å²) in [4.78, 5) is 17.8. The fourth-order valence-corrected chi connectivity index (χ4v) is 2.15. The van der Waals surface area contributed by atoms with Crippen LogP contribution in [-0.4, -0.2) is 30.5 Å². The van der Waals surface area contributed by atoms with Crippen molar-refractivity contribution in [2.24, 2.45) is 0 Å². The summed E-state index contributed by atoms with van der Waals surface area (Å²) >= 11 is 0. The van der Waals surface area contributed by atoms with Gasteiger partial charge in [0.2, 0.25) is 5.91 Å². The number of aromatic nitrogens is 1. The number of pyridine rings is 1. The highest BCUT2D eigenvalue weighted by molar-refractivity contribution is 5.86. The molecule has 0 radical (unpaired) electrons. The number of hydrogen-bond acceptors (Lipinski definition) is 4. The molecule has 2 heterocycles. The van der Waals surface area contributed by atoms with E-state index in [0.717, 1.165) is 25.1 Å². The Bertz CT molecular complexity index is 393. The van der Waals surface area contributed by atoms with Crippen LogP contribution in [0.1, 0.15) is 12.8 Å². The molecular formula is C11H16N4O. The molecule has 1 atom stereocenters. The molecule has 1 aromatic heterocycles. The molecule has 1 saturated heterocycles. The van der Waals surface area contributed by atoms with Gasteiger partial charge in [-0.25, -0.2) is 4.98 Å². The van der Waals surface area contributed by atoms with Crippen LogP contribution >= 0.6 is 0 Å². The molecule has 1 aliphatic rings. The van der Waals surface area contributed by atoms with Crippen molar-refractivity contribution in [3.8, 4) is 0 Å². The highest BCUT2D eigenvalue weighted by atomic mass is 16.2. The highest BCUT2D eigenvalue weighted by Crippen LogP contribution is 2.28. The summed E-state index contributed by atoms with van der Waals surface area (Å²) in [6.45, 7) is 0.855. The molecule has 5 nitrogen and oxygen atoms in total. The van der Waals surface area contributed by atoms with Crippen LogP contribution in [0.5, 0.6) is 0 Å². The van der Waals surface area contributed by atoms with E-state index in [1.165, 1.54) is 0 Å². The van der Waals surface area contributed by atoms with Gasteiger partial charge in [-0.2, -0.15) is 0 Å². The first-order valence-corrected chi connectivity index (χ1v) is 5.42. The molecule has 1 amide bonds. The van der Waals surface area contributed by atoms with Crippen LogP contribution in [0.2, 0.25) is 0 Å². The molecular weight excluding hydrogens is 204 g/mol. The van der Waals surface area contributed by atoms with Gasteiger partial charge in [0.05, 0.1) is 5.69 Å². The number of nitrogen functional groups attached to an aromatic ring is 1. The Hall–Kier alpha value is -1.78. The third kappa shape index (κ3) is 1.80. The molecule has 2 rings (SSSR count). The second kappa shape index (κ2) is 4.38. The van der Waals surface area contributed by atoms with E-state index in [2.05, 4.69) is 10.3 Å². The molecule has 1 fully saturated rings. The molecule has 1 unspecified atom stereocenters. The number of amides is 1. The van der Waals surface area contributed by atoms with E-state index >= 15 is 0 Å². The number of nitrogens with zero attached hydrogens (tertiary/aromatic N) is 2. The van der Waals surface area contributed by atoms with Crippen molar-refractivity contribution in [1.29, 1.82) is 0 Å². The minimum atomic E-state index is -0.114. The maximum absolute atomic E-state index is 11.7. The Morgan fingerprint density at radius 2 is 2.50 bits per heavy atom. The van der Waals surface area contributed by atoms with Gasteiger partial charge in [-0.05, 0) is 25.0 Å². The van der Waals surface area contributed by atoms with Gasteiger partial charge in [0.1, 0.15) is 11.9 Å². The maximum atomic E-state index is 11.7. The van der Waals surface area contributed by atoms with Gasteiger partial charge >= 0.3 is 0 Å². The molecule has 0 saturated carbocycles. The zero-order valence-corrected chi connectivity index (χ0v) is 9.31. The summed E-state index contributed by atoms with van der Waals surface area (Å²) in [5.41, 5.74) is 6.67. The molecule has 0 aromatic carbocycles. The van der Waals surface area contributed by atoms with Crippen LogP contribution in [-0.2, 0) is 4.79 Å². The fourth-order valence-electron chi connectivity index (χ4n) is 2.15. The SMILES string of the molecule is CNC(=O)C1CCCN1c1cccnc1N. The predicted octanol–water partition coefficient (Wildman–Crippen LogP) is 0.379. The Morgan fingerprint density at radius 1 is 1.69 bits per heavy atom. The summed E-state index contributed by atoms with van der Waals surface area (Å²) in [6, 6.07) is 3.63. The van der Waals surface area contributed by atoms with Crippen molar-refractivity contribution in [3.05, 3.63) is 18.3 Å². The van der Waals surface area contributed by atoms with Gasteiger partial charge in [0.25, 0.3) is 0 Å². The van der Waals surface area contributed by atoms with E-state index in [1.54, 1.807) is 13.2 Å². The maximum Gasteiger partial charge on any atom is 0.242 e. The number of hydrogen-bond donors (Lipinski definition) is 2. The first-order valence-electron chi connectivity index (χ1n) is 5.42. The Labute approximate surface area is 94.6 Å². The van der Waals surface area contributed by atoms with Crippen LogP contribution in [0.15, 0.2) is 18.3 Å². The van der Waals surface area contributed by atoms with Crippen molar-refractivity contribution in [2.75, 3.05) is 24.2 Å². The van der Waals surface area contributed by atoms with Crippen molar-refractivity contribution in [3.63, 3.8) is 0 Å². The van der Waals surface area contributed by atoms with Gasteiger partial charge in [-0.3, -0.25) is 4.79 Å². The average molecular weight is 220 g/mol. The number of likely N-dealkylation sites (N-methyl/N-ethyl adjacent to an activating group) is 1. The summed E-state index contributed by atoms with van der Waals surface area (Å²) in [5, 5.41) is 2.68. The molecule has 1 aliphatic heterocycles. The lowest BCUT2D eigenvalue weighted by molar-refractivity contribution is -0.121. The second-order valence-electron chi connectivity index (χ2n) is 3.87. The van der Waals surface area contributed by atoms with Crippen LogP contribution in [0.4, 0.5) is 11.5 Å².